The number of hydrogen-bond donors (Lipinski definition) is 2. The summed E-state index contributed by atoms with van der Waals surface area (Å²) >= 11 is 13.5. The first kappa shape index (κ1) is 20.8. The normalized spacial score (nSPS) is 16.4. The first-order valence-corrected chi connectivity index (χ1v) is 11.9. The van der Waals surface area contributed by atoms with Gasteiger partial charge in [-0.2, -0.15) is 0 Å². The molecule has 3 N–H and O–H groups in total. The van der Waals surface area contributed by atoms with Gasteiger partial charge in [-0.25, -0.2) is 4.98 Å². The van der Waals surface area contributed by atoms with Crippen molar-refractivity contribution < 1.29 is 9.53 Å². The number of carbonyl (C=O) groups excluding carboxylic acids is 1. The second kappa shape index (κ2) is 8.47. The summed E-state index contributed by atoms with van der Waals surface area (Å²) in [4.78, 5) is 21.6. The maximum atomic E-state index is 13.1. The lowest BCUT2D eigenvalue weighted by Crippen LogP contribution is -2.37. The molecule has 0 saturated carbocycles. The van der Waals surface area contributed by atoms with Crippen LogP contribution in [0.2, 0.25) is 10.0 Å². The maximum absolute atomic E-state index is 13.1. The lowest BCUT2D eigenvalue weighted by molar-refractivity contribution is 0.103. The zero-order valence-electron chi connectivity index (χ0n) is 16.8. The van der Waals surface area contributed by atoms with Gasteiger partial charge in [-0.1, -0.05) is 23.2 Å². The monoisotopic (exact) mass is 476 g/mol. The largest absolute Gasteiger partial charge is 0.397 e. The van der Waals surface area contributed by atoms with Crippen molar-refractivity contribution in [3.05, 3.63) is 44.2 Å². The van der Waals surface area contributed by atoms with Gasteiger partial charge in [0, 0.05) is 23.5 Å². The number of halogens is 2. The van der Waals surface area contributed by atoms with Crippen LogP contribution >= 0.6 is 34.5 Å². The minimum Gasteiger partial charge on any atom is -0.397 e. The van der Waals surface area contributed by atoms with Gasteiger partial charge in [0.05, 0.1) is 29.6 Å². The quantitative estimate of drug-likeness (QED) is 0.545. The molecule has 162 valence electrons. The zero-order valence-corrected chi connectivity index (χ0v) is 19.2. The van der Waals surface area contributed by atoms with Gasteiger partial charge in [0.2, 0.25) is 0 Å². The molecule has 5 rings (SSSR count). The molecule has 3 aromatic rings. The summed E-state index contributed by atoms with van der Waals surface area (Å²) in [6.45, 7) is 3.07. The molecule has 0 radical (unpaired) electrons. The second-order valence-electron chi connectivity index (χ2n) is 7.80. The Balaban J connectivity index is 1.57. The van der Waals surface area contributed by atoms with E-state index in [1.54, 1.807) is 18.2 Å². The number of nitrogens with one attached hydrogen (secondary N) is 1. The number of anilines is 3. The Hall–Kier alpha value is -2.06. The summed E-state index contributed by atoms with van der Waals surface area (Å²) in [5.74, 6) is 0.738. The van der Waals surface area contributed by atoms with Crippen LogP contribution in [0.5, 0.6) is 0 Å². The number of hydrogen-bond acceptors (Lipinski definition) is 6. The van der Waals surface area contributed by atoms with E-state index in [-0.39, 0.29) is 5.91 Å². The number of amides is 1. The van der Waals surface area contributed by atoms with E-state index < -0.39 is 0 Å². The van der Waals surface area contributed by atoms with Crippen molar-refractivity contribution in [1.82, 2.24) is 4.98 Å². The molecule has 2 aromatic heterocycles. The molecular formula is C22H22Cl2N4O2S. The van der Waals surface area contributed by atoms with Crippen molar-refractivity contribution in [3.8, 4) is 0 Å². The summed E-state index contributed by atoms with van der Waals surface area (Å²) in [5.41, 5.74) is 10.1. The predicted molar refractivity (Wildman–Crippen MR) is 128 cm³/mol. The molecule has 1 amide bonds. The third-order valence-corrected chi connectivity index (χ3v) is 7.52. The number of nitrogens with zero attached hydrogens (tertiary/aromatic N) is 2. The second-order valence-corrected chi connectivity index (χ2v) is 9.65. The van der Waals surface area contributed by atoms with Gasteiger partial charge in [0.25, 0.3) is 5.91 Å². The van der Waals surface area contributed by atoms with Gasteiger partial charge in [-0.05, 0) is 55.0 Å². The van der Waals surface area contributed by atoms with E-state index in [2.05, 4.69) is 10.2 Å². The maximum Gasteiger partial charge on any atom is 0.267 e. The molecule has 0 bridgehead atoms. The lowest BCUT2D eigenvalue weighted by Gasteiger charge is -2.31. The number of benzene rings is 1. The first-order chi connectivity index (χ1) is 15.0. The standard InChI is InChI=1S/C22H22Cl2N4O2S/c23-12-5-6-16(15(24)11-12)26-21(29)19-18(25)17-13-3-1-2-4-14(13)20(27-22(17)31-19)28-7-9-30-10-8-28/h5-6,11H,1-4,7-10,25H2,(H,26,29). The minimum absolute atomic E-state index is 0.290. The molecule has 1 fully saturated rings. The van der Waals surface area contributed by atoms with Crippen LogP contribution in [0, 0.1) is 0 Å². The summed E-state index contributed by atoms with van der Waals surface area (Å²) in [5, 5.41) is 4.68. The van der Waals surface area contributed by atoms with Crippen molar-refractivity contribution >= 4 is 67.9 Å². The Morgan fingerprint density at radius 3 is 2.65 bits per heavy atom. The highest BCUT2D eigenvalue weighted by Gasteiger charge is 2.28. The van der Waals surface area contributed by atoms with Gasteiger partial charge < -0.3 is 20.7 Å². The van der Waals surface area contributed by atoms with Crippen molar-refractivity contribution in [2.45, 2.75) is 25.7 Å². The van der Waals surface area contributed by atoms with Crippen LogP contribution in [0.4, 0.5) is 17.2 Å². The van der Waals surface area contributed by atoms with E-state index in [0.717, 1.165) is 54.8 Å². The Kier molecular flexibility index (Phi) is 5.69. The highest BCUT2D eigenvalue weighted by molar-refractivity contribution is 7.21. The van der Waals surface area contributed by atoms with Crippen LogP contribution in [0.3, 0.4) is 0 Å². The summed E-state index contributed by atoms with van der Waals surface area (Å²) in [7, 11) is 0. The number of nitrogens with two attached hydrogens (primary N) is 1. The highest BCUT2D eigenvalue weighted by atomic mass is 35.5. The van der Waals surface area contributed by atoms with Crippen LogP contribution < -0.4 is 16.0 Å². The molecule has 1 aromatic carbocycles. The molecule has 0 unspecified atom stereocenters. The van der Waals surface area contributed by atoms with Crippen LogP contribution in [-0.4, -0.2) is 37.2 Å². The summed E-state index contributed by atoms with van der Waals surface area (Å²) in [6.07, 6.45) is 4.20. The number of thiophene rings is 1. The van der Waals surface area contributed by atoms with Crippen molar-refractivity contribution in [2.75, 3.05) is 42.3 Å². The van der Waals surface area contributed by atoms with E-state index in [9.17, 15) is 4.79 Å². The molecule has 1 aliphatic heterocycles. The fraction of sp³-hybridized carbons (Fsp3) is 0.364. The van der Waals surface area contributed by atoms with Gasteiger partial charge in [-0.3, -0.25) is 4.79 Å². The molecular weight excluding hydrogens is 455 g/mol. The molecule has 1 aliphatic carbocycles. The number of aromatic nitrogens is 1. The first-order valence-electron chi connectivity index (χ1n) is 10.4. The number of aryl methyl sites for hydroxylation is 1. The predicted octanol–water partition coefficient (Wildman–Crippen LogP) is 5.15. The van der Waals surface area contributed by atoms with E-state index in [1.165, 1.54) is 22.5 Å². The smallest absolute Gasteiger partial charge is 0.267 e. The average Bonchev–Trinajstić information content (AvgIpc) is 3.12. The number of morpholine rings is 1. The fourth-order valence-corrected chi connectivity index (χ4v) is 5.84. The van der Waals surface area contributed by atoms with Gasteiger partial charge in [-0.15, -0.1) is 11.3 Å². The summed E-state index contributed by atoms with van der Waals surface area (Å²) in [6, 6.07) is 4.96. The molecule has 31 heavy (non-hydrogen) atoms. The average molecular weight is 477 g/mol. The number of pyridine rings is 1. The number of rotatable bonds is 3. The third-order valence-electron chi connectivity index (χ3n) is 5.87. The van der Waals surface area contributed by atoms with Crippen LogP contribution in [0.15, 0.2) is 18.2 Å². The van der Waals surface area contributed by atoms with E-state index >= 15 is 0 Å². The molecule has 9 heteroatoms. The molecule has 2 aliphatic rings. The summed E-state index contributed by atoms with van der Waals surface area (Å²) < 4.78 is 5.52. The number of ether oxygens (including phenoxy) is 1. The minimum atomic E-state index is -0.290. The topological polar surface area (TPSA) is 80.5 Å². The van der Waals surface area contributed by atoms with Crippen molar-refractivity contribution in [2.24, 2.45) is 0 Å². The van der Waals surface area contributed by atoms with Gasteiger partial charge in [0.1, 0.15) is 15.5 Å². The SMILES string of the molecule is Nc1c(C(=O)Nc2ccc(Cl)cc2Cl)sc2nc(N3CCOCC3)c3c(c12)CCCC3. The lowest BCUT2D eigenvalue weighted by atomic mass is 9.89. The molecule has 3 heterocycles. The molecule has 0 spiro atoms. The molecule has 6 nitrogen and oxygen atoms in total. The van der Waals surface area contributed by atoms with Gasteiger partial charge >= 0.3 is 0 Å². The Morgan fingerprint density at radius 2 is 1.90 bits per heavy atom. The van der Waals surface area contributed by atoms with Gasteiger partial charge in [0.15, 0.2) is 0 Å². The number of nitrogen functional groups attached to an aromatic ring is 1. The van der Waals surface area contributed by atoms with Crippen molar-refractivity contribution in [3.63, 3.8) is 0 Å². The molecule has 1 saturated heterocycles. The van der Waals surface area contributed by atoms with Crippen molar-refractivity contribution in [1.29, 1.82) is 0 Å². The highest BCUT2D eigenvalue weighted by Crippen LogP contribution is 2.42. The zero-order chi connectivity index (χ0) is 21.5. The Morgan fingerprint density at radius 1 is 1.16 bits per heavy atom. The van der Waals surface area contributed by atoms with Crippen LogP contribution in [-0.2, 0) is 17.6 Å². The van der Waals surface area contributed by atoms with E-state index in [1.807, 2.05) is 0 Å². The Bertz CT molecular complexity index is 1170. The van der Waals surface area contributed by atoms with E-state index in [4.69, 9.17) is 38.7 Å². The Labute approximate surface area is 194 Å². The van der Waals surface area contributed by atoms with Crippen LogP contribution in [0.1, 0.15) is 33.6 Å². The third kappa shape index (κ3) is 3.84. The number of carbonyl (C=O) groups is 1. The fourth-order valence-electron chi connectivity index (χ4n) is 4.37. The number of fused-ring (bicyclic) bond motifs is 3. The molecule has 0 atom stereocenters. The van der Waals surface area contributed by atoms with E-state index in [0.29, 0.717) is 39.5 Å². The van der Waals surface area contributed by atoms with Crippen LogP contribution in [0.25, 0.3) is 10.2 Å².